The Bertz CT molecular complexity index is 630. The second kappa shape index (κ2) is 8.50. The van der Waals surface area contributed by atoms with Gasteiger partial charge in [0.2, 0.25) is 5.91 Å². The van der Waals surface area contributed by atoms with Crippen LogP contribution in [0.5, 0.6) is 0 Å². The highest BCUT2D eigenvalue weighted by atomic mass is 79.9. The van der Waals surface area contributed by atoms with Gasteiger partial charge in [-0.05, 0) is 41.2 Å². The Morgan fingerprint density at radius 1 is 1.41 bits per heavy atom. The summed E-state index contributed by atoms with van der Waals surface area (Å²) >= 11 is 3.04. The van der Waals surface area contributed by atoms with Crippen LogP contribution in [-0.2, 0) is 11.3 Å². The van der Waals surface area contributed by atoms with Gasteiger partial charge in [0.15, 0.2) is 0 Å². The van der Waals surface area contributed by atoms with Crippen LogP contribution < -0.4 is 22.3 Å². The molecular formula is C13H20BrClN4O3. The van der Waals surface area contributed by atoms with Crippen molar-refractivity contribution in [1.82, 2.24) is 14.9 Å². The van der Waals surface area contributed by atoms with E-state index in [4.69, 9.17) is 5.73 Å². The van der Waals surface area contributed by atoms with Crippen molar-refractivity contribution in [3.63, 3.8) is 0 Å². The summed E-state index contributed by atoms with van der Waals surface area (Å²) in [6.07, 6.45) is 5.47. The normalized spacial score (nSPS) is 21.0. The third-order valence-electron chi connectivity index (χ3n) is 3.84. The van der Waals surface area contributed by atoms with E-state index in [1.54, 1.807) is 0 Å². The number of halogens is 2. The number of hydrogen-bond acceptors (Lipinski definition) is 4. The highest BCUT2D eigenvalue weighted by Gasteiger charge is 2.25. The van der Waals surface area contributed by atoms with Crippen LogP contribution in [0.25, 0.3) is 0 Å². The number of nitrogens with two attached hydrogens (primary N) is 1. The molecule has 7 nitrogen and oxygen atoms in total. The topological polar surface area (TPSA) is 110 Å². The molecule has 0 bridgehead atoms. The third-order valence-corrected chi connectivity index (χ3v) is 4.40. The summed E-state index contributed by atoms with van der Waals surface area (Å²) in [6, 6.07) is 0.0677. The van der Waals surface area contributed by atoms with Crippen molar-refractivity contribution in [2.75, 3.05) is 6.54 Å². The molecule has 0 spiro atoms. The van der Waals surface area contributed by atoms with E-state index in [1.807, 2.05) is 0 Å². The van der Waals surface area contributed by atoms with Crippen LogP contribution in [0.2, 0.25) is 0 Å². The van der Waals surface area contributed by atoms with Crippen LogP contribution in [0, 0.1) is 5.92 Å². The molecule has 1 amide bonds. The molecule has 1 saturated carbocycles. The van der Waals surface area contributed by atoms with Crippen LogP contribution >= 0.6 is 28.3 Å². The zero-order valence-electron chi connectivity index (χ0n) is 12.0. The summed E-state index contributed by atoms with van der Waals surface area (Å²) in [7, 11) is 0. The molecule has 1 aromatic heterocycles. The van der Waals surface area contributed by atoms with Crippen LogP contribution in [-0.4, -0.2) is 28.0 Å². The van der Waals surface area contributed by atoms with E-state index in [2.05, 4.69) is 26.2 Å². The molecule has 1 aliphatic rings. The molecule has 0 radical (unpaired) electrons. The van der Waals surface area contributed by atoms with Gasteiger partial charge in [-0.1, -0.05) is 12.8 Å². The Morgan fingerprint density at radius 3 is 2.77 bits per heavy atom. The minimum absolute atomic E-state index is 0. The Labute approximate surface area is 142 Å². The quantitative estimate of drug-likeness (QED) is 0.683. The van der Waals surface area contributed by atoms with E-state index >= 15 is 0 Å². The number of hydrogen-bond donors (Lipinski definition) is 3. The average molecular weight is 396 g/mol. The van der Waals surface area contributed by atoms with E-state index < -0.39 is 11.2 Å². The number of rotatable bonds is 4. The lowest BCUT2D eigenvalue weighted by molar-refractivity contribution is -0.123. The predicted octanol–water partition coefficient (Wildman–Crippen LogP) is 0.355. The van der Waals surface area contributed by atoms with Crippen molar-refractivity contribution < 1.29 is 4.79 Å². The lowest BCUT2D eigenvalue weighted by Gasteiger charge is -2.31. The van der Waals surface area contributed by atoms with Crippen molar-refractivity contribution in [2.45, 2.75) is 38.3 Å². The van der Waals surface area contributed by atoms with Gasteiger partial charge in [0.25, 0.3) is 5.56 Å². The molecule has 0 aromatic carbocycles. The van der Waals surface area contributed by atoms with Gasteiger partial charge in [0.05, 0.1) is 4.47 Å². The number of nitrogens with one attached hydrogen (secondary N) is 2. The van der Waals surface area contributed by atoms with Crippen LogP contribution in [0.3, 0.4) is 0 Å². The SMILES string of the molecule is Cl.NCC1CCCCC1NC(=O)Cn1cc(Br)c(=O)[nH]c1=O. The van der Waals surface area contributed by atoms with Gasteiger partial charge < -0.3 is 11.1 Å². The van der Waals surface area contributed by atoms with E-state index in [0.29, 0.717) is 12.5 Å². The average Bonchev–Trinajstić information content (AvgIpc) is 2.45. The van der Waals surface area contributed by atoms with Crippen molar-refractivity contribution in [2.24, 2.45) is 11.7 Å². The molecule has 124 valence electrons. The summed E-state index contributed by atoms with van der Waals surface area (Å²) < 4.78 is 1.38. The highest BCUT2D eigenvalue weighted by molar-refractivity contribution is 9.10. The fraction of sp³-hybridized carbons (Fsp3) is 0.615. The second-order valence-electron chi connectivity index (χ2n) is 5.32. The fourth-order valence-corrected chi connectivity index (χ4v) is 3.03. The predicted molar refractivity (Wildman–Crippen MR) is 89.2 cm³/mol. The van der Waals surface area contributed by atoms with Gasteiger partial charge in [0, 0.05) is 12.2 Å². The van der Waals surface area contributed by atoms with E-state index in [1.165, 1.54) is 10.8 Å². The summed E-state index contributed by atoms with van der Waals surface area (Å²) in [5, 5.41) is 2.94. The minimum atomic E-state index is -0.600. The molecule has 4 N–H and O–H groups in total. The molecular weight excluding hydrogens is 376 g/mol. The number of amides is 1. The number of H-pyrrole nitrogens is 1. The van der Waals surface area contributed by atoms with E-state index in [0.717, 1.165) is 25.7 Å². The molecule has 2 rings (SSSR count). The molecule has 22 heavy (non-hydrogen) atoms. The second-order valence-corrected chi connectivity index (χ2v) is 6.17. The van der Waals surface area contributed by atoms with Gasteiger partial charge in [-0.3, -0.25) is 19.1 Å². The van der Waals surface area contributed by atoms with E-state index in [9.17, 15) is 14.4 Å². The summed E-state index contributed by atoms with van der Waals surface area (Å²) in [5.74, 6) is 0.0446. The molecule has 1 aromatic rings. The molecule has 2 unspecified atom stereocenters. The lowest BCUT2D eigenvalue weighted by atomic mass is 9.84. The van der Waals surface area contributed by atoms with Crippen molar-refractivity contribution in [1.29, 1.82) is 0 Å². The van der Waals surface area contributed by atoms with Crippen LogP contribution in [0.4, 0.5) is 0 Å². The maximum Gasteiger partial charge on any atom is 0.328 e. The monoisotopic (exact) mass is 394 g/mol. The highest BCUT2D eigenvalue weighted by Crippen LogP contribution is 2.23. The standard InChI is InChI=1S/C13H19BrN4O3.ClH/c14-9-6-18(13(21)17-12(9)20)7-11(19)16-10-4-2-1-3-8(10)5-15;/h6,8,10H,1-5,7,15H2,(H,16,19)(H,17,20,21);1H. The van der Waals surface area contributed by atoms with Crippen molar-refractivity contribution >= 4 is 34.2 Å². The Balaban J connectivity index is 0.00000242. The lowest BCUT2D eigenvalue weighted by Crippen LogP contribution is -2.46. The first kappa shape index (κ1) is 18.9. The van der Waals surface area contributed by atoms with Crippen LogP contribution in [0.15, 0.2) is 20.3 Å². The number of aromatic amines is 1. The van der Waals surface area contributed by atoms with Crippen molar-refractivity contribution in [3.8, 4) is 0 Å². The zero-order valence-corrected chi connectivity index (χ0v) is 14.4. The number of carbonyl (C=O) groups excluding carboxylic acids is 1. The molecule has 1 aliphatic carbocycles. The van der Waals surface area contributed by atoms with Gasteiger partial charge >= 0.3 is 5.69 Å². The third kappa shape index (κ3) is 4.69. The zero-order chi connectivity index (χ0) is 15.4. The van der Waals surface area contributed by atoms with Crippen LogP contribution in [0.1, 0.15) is 25.7 Å². The maximum atomic E-state index is 12.1. The van der Waals surface area contributed by atoms with Gasteiger partial charge in [-0.25, -0.2) is 4.79 Å². The summed E-state index contributed by atoms with van der Waals surface area (Å²) in [6.45, 7) is 0.428. The molecule has 1 heterocycles. The summed E-state index contributed by atoms with van der Waals surface area (Å²) in [4.78, 5) is 37.1. The number of aromatic nitrogens is 2. The van der Waals surface area contributed by atoms with Gasteiger partial charge in [-0.2, -0.15) is 0 Å². The Hall–Kier alpha value is -1.12. The largest absolute Gasteiger partial charge is 0.351 e. The molecule has 0 aliphatic heterocycles. The van der Waals surface area contributed by atoms with Gasteiger partial charge in [0.1, 0.15) is 6.54 Å². The van der Waals surface area contributed by atoms with Crippen molar-refractivity contribution in [3.05, 3.63) is 31.5 Å². The van der Waals surface area contributed by atoms with Gasteiger partial charge in [-0.15, -0.1) is 12.4 Å². The summed E-state index contributed by atoms with van der Waals surface area (Å²) in [5.41, 5.74) is 4.62. The first-order valence-electron chi connectivity index (χ1n) is 7.00. The smallest absolute Gasteiger partial charge is 0.328 e. The number of carbonyl (C=O) groups is 1. The van der Waals surface area contributed by atoms with E-state index in [-0.39, 0.29) is 35.4 Å². The minimum Gasteiger partial charge on any atom is -0.351 e. The maximum absolute atomic E-state index is 12.1. The first-order valence-corrected chi connectivity index (χ1v) is 7.79. The molecule has 9 heteroatoms. The fourth-order valence-electron chi connectivity index (χ4n) is 2.69. The first-order chi connectivity index (χ1) is 10.0. The molecule has 0 saturated heterocycles. The molecule has 1 fully saturated rings. The Kier molecular flexibility index (Phi) is 7.31. The molecule has 2 atom stereocenters. The Morgan fingerprint density at radius 2 is 2.09 bits per heavy atom. The number of nitrogens with zero attached hydrogens (tertiary/aromatic N) is 1.